The molecular weight excluding hydrogens is 344 g/mol. The fourth-order valence-corrected chi connectivity index (χ4v) is 2.65. The molecule has 2 amide bonds. The Hall–Kier alpha value is -3.15. The Bertz CT molecular complexity index is 790. The highest BCUT2D eigenvalue weighted by Crippen LogP contribution is 2.21. The van der Waals surface area contributed by atoms with Crippen LogP contribution in [0, 0.1) is 0 Å². The van der Waals surface area contributed by atoms with Crippen LogP contribution in [0.3, 0.4) is 0 Å². The SMILES string of the molecule is CCOC(=O)c1ccccc1N(CC(=O)NCCc1ccccc1)C(C)=O. The van der Waals surface area contributed by atoms with Gasteiger partial charge in [0.05, 0.1) is 17.9 Å². The standard InChI is InChI=1S/C21H24N2O4/c1-3-27-21(26)18-11-7-8-12-19(18)23(16(2)24)15-20(25)22-14-13-17-9-5-4-6-10-17/h4-12H,3,13-15H2,1-2H3,(H,22,25). The van der Waals surface area contributed by atoms with Gasteiger partial charge in [-0.1, -0.05) is 42.5 Å². The highest BCUT2D eigenvalue weighted by atomic mass is 16.5. The van der Waals surface area contributed by atoms with E-state index in [-0.39, 0.29) is 30.5 Å². The zero-order chi connectivity index (χ0) is 19.6. The first-order valence-corrected chi connectivity index (χ1v) is 8.87. The van der Waals surface area contributed by atoms with Crippen LogP contribution in [0.2, 0.25) is 0 Å². The van der Waals surface area contributed by atoms with Gasteiger partial charge in [0.1, 0.15) is 6.54 Å². The Morgan fingerprint density at radius 2 is 1.67 bits per heavy atom. The second-order valence-corrected chi connectivity index (χ2v) is 5.93. The van der Waals surface area contributed by atoms with Crippen LogP contribution < -0.4 is 10.2 Å². The summed E-state index contributed by atoms with van der Waals surface area (Å²) in [6, 6.07) is 16.4. The normalized spacial score (nSPS) is 10.1. The van der Waals surface area contributed by atoms with E-state index >= 15 is 0 Å². The predicted molar refractivity (Wildman–Crippen MR) is 104 cm³/mol. The summed E-state index contributed by atoms with van der Waals surface area (Å²) in [6.45, 7) is 3.60. The molecule has 2 aromatic carbocycles. The van der Waals surface area contributed by atoms with Gasteiger partial charge in [-0.3, -0.25) is 9.59 Å². The molecule has 27 heavy (non-hydrogen) atoms. The topological polar surface area (TPSA) is 75.7 Å². The number of para-hydroxylation sites is 1. The van der Waals surface area contributed by atoms with E-state index in [1.165, 1.54) is 11.8 Å². The van der Waals surface area contributed by atoms with Crippen LogP contribution >= 0.6 is 0 Å². The van der Waals surface area contributed by atoms with E-state index in [9.17, 15) is 14.4 Å². The van der Waals surface area contributed by atoms with Gasteiger partial charge in [0.25, 0.3) is 0 Å². The Morgan fingerprint density at radius 1 is 1.00 bits per heavy atom. The fourth-order valence-electron chi connectivity index (χ4n) is 2.65. The number of benzene rings is 2. The first-order chi connectivity index (χ1) is 13.0. The van der Waals surface area contributed by atoms with Crippen molar-refractivity contribution < 1.29 is 19.1 Å². The van der Waals surface area contributed by atoms with Crippen LogP contribution in [0.25, 0.3) is 0 Å². The summed E-state index contributed by atoms with van der Waals surface area (Å²) in [4.78, 5) is 37.8. The van der Waals surface area contributed by atoms with Crippen LogP contribution in [0.5, 0.6) is 0 Å². The van der Waals surface area contributed by atoms with Crippen molar-refractivity contribution in [1.29, 1.82) is 0 Å². The molecule has 0 aliphatic heterocycles. The summed E-state index contributed by atoms with van der Waals surface area (Å²) >= 11 is 0. The number of rotatable bonds is 8. The molecule has 2 rings (SSSR count). The highest BCUT2D eigenvalue weighted by Gasteiger charge is 2.22. The van der Waals surface area contributed by atoms with Crippen LogP contribution in [0.4, 0.5) is 5.69 Å². The van der Waals surface area contributed by atoms with E-state index in [1.54, 1.807) is 31.2 Å². The van der Waals surface area contributed by atoms with E-state index in [1.807, 2.05) is 30.3 Å². The Labute approximate surface area is 159 Å². The molecule has 6 heteroatoms. The van der Waals surface area contributed by atoms with Crippen molar-refractivity contribution in [2.45, 2.75) is 20.3 Å². The number of hydrogen-bond donors (Lipinski definition) is 1. The lowest BCUT2D eigenvalue weighted by atomic mass is 10.1. The molecular formula is C21H24N2O4. The number of carbonyl (C=O) groups is 3. The van der Waals surface area contributed by atoms with E-state index in [2.05, 4.69) is 5.32 Å². The second kappa shape index (κ2) is 10.1. The molecule has 0 unspecified atom stereocenters. The minimum absolute atomic E-state index is 0.166. The third-order valence-electron chi connectivity index (χ3n) is 3.95. The number of esters is 1. The van der Waals surface area contributed by atoms with Crippen LogP contribution in [0.15, 0.2) is 54.6 Å². The maximum atomic E-state index is 12.3. The smallest absolute Gasteiger partial charge is 0.340 e. The van der Waals surface area contributed by atoms with E-state index < -0.39 is 5.97 Å². The fraction of sp³-hybridized carbons (Fsp3) is 0.286. The summed E-state index contributed by atoms with van der Waals surface area (Å²) in [5.74, 6) is -1.14. The third kappa shape index (κ3) is 5.95. The molecule has 2 aromatic rings. The van der Waals surface area contributed by atoms with Crippen molar-refractivity contribution in [2.75, 3.05) is 24.6 Å². The minimum atomic E-state index is -0.524. The molecule has 0 radical (unpaired) electrons. The van der Waals surface area contributed by atoms with Gasteiger partial charge in [-0.25, -0.2) is 4.79 Å². The van der Waals surface area contributed by atoms with Gasteiger partial charge >= 0.3 is 5.97 Å². The molecule has 0 fully saturated rings. The molecule has 0 heterocycles. The van der Waals surface area contributed by atoms with Gasteiger partial charge in [0.2, 0.25) is 11.8 Å². The summed E-state index contributed by atoms with van der Waals surface area (Å²) in [5, 5.41) is 2.81. The van der Waals surface area contributed by atoms with Crippen molar-refractivity contribution in [1.82, 2.24) is 5.32 Å². The summed E-state index contributed by atoms with van der Waals surface area (Å²) in [6.07, 6.45) is 0.700. The van der Waals surface area contributed by atoms with Crippen molar-refractivity contribution in [3.8, 4) is 0 Å². The van der Waals surface area contributed by atoms with E-state index in [4.69, 9.17) is 4.74 Å². The first kappa shape index (κ1) is 20.2. The number of carbonyl (C=O) groups excluding carboxylic acids is 3. The number of nitrogens with one attached hydrogen (secondary N) is 1. The zero-order valence-corrected chi connectivity index (χ0v) is 15.6. The molecule has 6 nitrogen and oxygen atoms in total. The average molecular weight is 368 g/mol. The van der Waals surface area contributed by atoms with Crippen LogP contribution in [0.1, 0.15) is 29.8 Å². The lowest BCUT2D eigenvalue weighted by Gasteiger charge is -2.23. The number of anilines is 1. The molecule has 142 valence electrons. The second-order valence-electron chi connectivity index (χ2n) is 5.93. The van der Waals surface area contributed by atoms with E-state index in [0.29, 0.717) is 18.7 Å². The number of amides is 2. The predicted octanol–water partition coefficient (Wildman–Crippen LogP) is 2.58. The van der Waals surface area contributed by atoms with Crippen molar-refractivity contribution in [3.05, 3.63) is 65.7 Å². The number of hydrogen-bond acceptors (Lipinski definition) is 4. The Kier molecular flexibility index (Phi) is 7.55. The van der Waals surface area contributed by atoms with Gasteiger partial charge in [0.15, 0.2) is 0 Å². The van der Waals surface area contributed by atoms with Crippen molar-refractivity contribution in [2.24, 2.45) is 0 Å². The van der Waals surface area contributed by atoms with Gasteiger partial charge < -0.3 is 15.0 Å². The van der Waals surface area contributed by atoms with Crippen LogP contribution in [-0.4, -0.2) is 37.5 Å². The molecule has 0 atom stereocenters. The monoisotopic (exact) mass is 368 g/mol. The molecule has 0 saturated carbocycles. The average Bonchev–Trinajstić information content (AvgIpc) is 2.67. The summed E-state index contributed by atoms with van der Waals surface area (Å²) in [7, 11) is 0. The molecule has 0 aliphatic carbocycles. The molecule has 0 aromatic heterocycles. The lowest BCUT2D eigenvalue weighted by Crippen LogP contribution is -2.41. The number of ether oxygens (including phenoxy) is 1. The summed E-state index contributed by atoms with van der Waals surface area (Å²) < 4.78 is 5.04. The van der Waals surface area contributed by atoms with Crippen molar-refractivity contribution >= 4 is 23.5 Å². The van der Waals surface area contributed by atoms with Gasteiger partial charge in [-0.05, 0) is 31.0 Å². The summed E-state index contributed by atoms with van der Waals surface area (Å²) in [5.41, 5.74) is 1.74. The van der Waals surface area contributed by atoms with Crippen LogP contribution in [-0.2, 0) is 20.7 Å². The first-order valence-electron chi connectivity index (χ1n) is 8.87. The Balaban J connectivity index is 2.04. The molecule has 0 bridgehead atoms. The zero-order valence-electron chi connectivity index (χ0n) is 15.6. The van der Waals surface area contributed by atoms with Gasteiger partial charge in [0, 0.05) is 13.5 Å². The Morgan fingerprint density at radius 3 is 2.33 bits per heavy atom. The van der Waals surface area contributed by atoms with Crippen molar-refractivity contribution in [3.63, 3.8) is 0 Å². The van der Waals surface area contributed by atoms with Gasteiger partial charge in [-0.15, -0.1) is 0 Å². The lowest BCUT2D eigenvalue weighted by molar-refractivity contribution is -0.123. The molecule has 0 aliphatic rings. The maximum Gasteiger partial charge on any atom is 0.340 e. The largest absolute Gasteiger partial charge is 0.462 e. The quantitative estimate of drug-likeness (QED) is 0.727. The molecule has 1 N–H and O–H groups in total. The third-order valence-corrected chi connectivity index (χ3v) is 3.95. The molecule has 0 saturated heterocycles. The number of nitrogens with zero attached hydrogens (tertiary/aromatic N) is 1. The molecule has 0 spiro atoms. The van der Waals surface area contributed by atoms with E-state index in [0.717, 1.165) is 5.56 Å². The minimum Gasteiger partial charge on any atom is -0.462 e. The maximum absolute atomic E-state index is 12.3. The highest BCUT2D eigenvalue weighted by molar-refractivity contribution is 6.04. The van der Waals surface area contributed by atoms with Gasteiger partial charge in [-0.2, -0.15) is 0 Å².